The molecule has 0 saturated heterocycles. The molecular formula is C24H27N3O4S. The number of benzene rings is 2. The second-order valence-electron chi connectivity index (χ2n) is 8.39. The van der Waals surface area contributed by atoms with Crippen LogP contribution < -0.4 is 4.31 Å². The first-order chi connectivity index (χ1) is 15.3. The standard InChI is InChI=1S/C24H27N3O4S/c1-16(2)18-5-3-6-19(13-18)17-9-11-20(12-10-17)27(32(30)31)23-8-4-7-22-21(23)14-25-26(22)15-24(28)29/h3,5-6,9-14,16,23H,4,7-8,15H2,1-2H3,(H,28,29)(H,30,31). The second-order valence-corrected chi connectivity index (χ2v) is 9.24. The van der Waals surface area contributed by atoms with Crippen molar-refractivity contribution in [1.82, 2.24) is 9.78 Å². The predicted molar refractivity (Wildman–Crippen MR) is 125 cm³/mol. The molecule has 0 fully saturated rings. The predicted octanol–water partition coefficient (Wildman–Crippen LogP) is 4.78. The number of aromatic nitrogens is 2. The van der Waals surface area contributed by atoms with E-state index in [1.165, 1.54) is 14.6 Å². The number of carboxylic acids is 1. The Bertz CT molecular complexity index is 1140. The van der Waals surface area contributed by atoms with E-state index < -0.39 is 17.2 Å². The van der Waals surface area contributed by atoms with Crippen molar-refractivity contribution in [2.75, 3.05) is 4.31 Å². The number of carbonyl (C=O) groups is 1. The van der Waals surface area contributed by atoms with E-state index in [4.69, 9.17) is 5.11 Å². The van der Waals surface area contributed by atoms with E-state index in [1.54, 1.807) is 6.20 Å². The number of carboxylic acid groups (broad SMARTS) is 1. The van der Waals surface area contributed by atoms with Crippen LogP contribution in [0.15, 0.2) is 54.7 Å². The summed E-state index contributed by atoms with van der Waals surface area (Å²) in [4.78, 5) is 11.1. The molecule has 1 aromatic heterocycles. The van der Waals surface area contributed by atoms with Gasteiger partial charge in [0.25, 0.3) is 11.3 Å². The Morgan fingerprint density at radius 3 is 2.62 bits per heavy atom. The van der Waals surface area contributed by atoms with E-state index in [2.05, 4.69) is 37.1 Å². The molecule has 2 atom stereocenters. The number of hydrogen-bond donors (Lipinski definition) is 2. The SMILES string of the molecule is CC(C)c1cccc(-c2ccc(N(C3CCCc4c3cnn4CC(=O)O)S(=O)O)cc2)c1. The summed E-state index contributed by atoms with van der Waals surface area (Å²) >= 11 is -2.24. The molecule has 4 rings (SSSR count). The summed E-state index contributed by atoms with van der Waals surface area (Å²) in [6.07, 6.45) is 3.82. The Labute approximate surface area is 190 Å². The molecule has 2 aromatic carbocycles. The summed E-state index contributed by atoms with van der Waals surface area (Å²) < 4.78 is 25.5. The van der Waals surface area contributed by atoms with Crippen LogP contribution in [-0.4, -0.2) is 29.6 Å². The quantitative estimate of drug-likeness (QED) is 0.502. The van der Waals surface area contributed by atoms with Gasteiger partial charge in [0, 0.05) is 11.3 Å². The molecule has 7 nitrogen and oxygen atoms in total. The van der Waals surface area contributed by atoms with E-state index in [1.807, 2.05) is 30.3 Å². The van der Waals surface area contributed by atoms with Crippen molar-refractivity contribution < 1.29 is 18.7 Å². The molecule has 0 spiro atoms. The summed E-state index contributed by atoms with van der Waals surface area (Å²) in [6.45, 7) is 4.11. The first kappa shape index (κ1) is 22.2. The molecule has 2 N–H and O–H groups in total. The minimum Gasteiger partial charge on any atom is -0.480 e. The summed E-state index contributed by atoms with van der Waals surface area (Å²) in [6, 6.07) is 15.7. The smallest absolute Gasteiger partial charge is 0.325 e. The third-order valence-electron chi connectivity index (χ3n) is 5.98. The third-order valence-corrected chi connectivity index (χ3v) is 6.78. The van der Waals surface area contributed by atoms with Crippen molar-refractivity contribution in [1.29, 1.82) is 0 Å². The molecule has 1 aliphatic carbocycles. The maximum atomic E-state index is 12.4. The van der Waals surface area contributed by atoms with Gasteiger partial charge in [0.05, 0.1) is 17.9 Å². The lowest BCUT2D eigenvalue weighted by molar-refractivity contribution is -0.137. The summed E-state index contributed by atoms with van der Waals surface area (Å²) in [5.74, 6) is -0.526. The minimum atomic E-state index is -2.24. The Morgan fingerprint density at radius 2 is 1.97 bits per heavy atom. The number of fused-ring (bicyclic) bond motifs is 1. The van der Waals surface area contributed by atoms with Crippen LogP contribution in [0.3, 0.4) is 0 Å². The summed E-state index contributed by atoms with van der Waals surface area (Å²) in [5.41, 5.74) is 5.68. The Hall–Kier alpha value is -2.97. The number of nitrogens with zero attached hydrogens (tertiary/aromatic N) is 3. The zero-order valence-corrected chi connectivity index (χ0v) is 19.0. The van der Waals surface area contributed by atoms with Gasteiger partial charge in [-0.3, -0.25) is 18.3 Å². The molecule has 0 amide bonds. The van der Waals surface area contributed by atoms with E-state index in [0.29, 0.717) is 24.4 Å². The monoisotopic (exact) mass is 453 g/mol. The van der Waals surface area contributed by atoms with Gasteiger partial charge < -0.3 is 5.11 Å². The lowest BCUT2D eigenvalue weighted by Gasteiger charge is -2.33. The van der Waals surface area contributed by atoms with Crippen molar-refractivity contribution in [3.63, 3.8) is 0 Å². The average Bonchev–Trinajstić information content (AvgIpc) is 3.17. The molecular weight excluding hydrogens is 426 g/mol. The largest absolute Gasteiger partial charge is 0.480 e. The second kappa shape index (κ2) is 9.26. The van der Waals surface area contributed by atoms with Gasteiger partial charge in [0.2, 0.25) is 0 Å². The van der Waals surface area contributed by atoms with E-state index >= 15 is 0 Å². The van der Waals surface area contributed by atoms with Gasteiger partial charge >= 0.3 is 5.97 Å². The first-order valence-corrected chi connectivity index (χ1v) is 11.8. The molecule has 168 valence electrons. The minimum absolute atomic E-state index is 0.214. The maximum absolute atomic E-state index is 12.4. The van der Waals surface area contributed by atoms with Crippen LogP contribution in [0.5, 0.6) is 0 Å². The van der Waals surface area contributed by atoms with Crippen molar-refractivity contribution in [3.8, 4) is 11.1 Å². The molecule has 1 aliphatic rings. The van der Waals surface area contributed by atoms with Crippen molar-refractivity contribution in [2.24, 2.45) is 0 Å². The molecule has 32 heavy (non-hydrogen) atoms. The highest BCUT2D eigenvalue weighted by Crippen LogP contribution is 2.38. The van der Waals surface area contributed by atoms with Crippen LogP contribution in [0.25, 0.3) is 11.1 Å². The van der Waals surface area contributed by atoms with Gasteiger partial charge in [-0.25, -0.2) is 4.21 Å². The van der Waals surface area contributed by atoms with Gasteiger partial charge in [-0.05, 0) is 54.0 Å². The number of anilines is 1. The number of rotatable bonds is 7. The van der Waals surface area contributed by atoms with Crippen molar-refractivity contribution >= 4 is 22.9 Å². The molecule has 0 aliphatic heterocycles. The zero-order chi connectivity index (χ0) is 22.8. The number of hydrogen-bond acceptors (Lipinski definition) is 3. The summed E-state index contributed by atoms with van der Waals surface area (Å²) in [5, 5.41) is 13.4. The topological polar surface area (TPSA) is 95.7 Å². The normalized spacial score (nSPS) is 16.6. The van der Waals surface area contributed by atoms with Gasteiger partial charge in [0.15, 0.2) is 0 Å². The number of aliphatic carboxylic acids is 1. The highest BCUT2D eigenvalue weighted by molar-refractivity contribution is 7.80. The summed E-state index contributed by atoms with van der Waals surface area (Å²) in [7, 11) is 0. The molecule has 2 unspecified atom stereocenters. The Balaban J connectivity index is 1.65. The van der Waals surface area contributed by atoms with Gasteiger partial charge in [-0.2, -0.15) is 5.10 Å². The Morgan fingerprint density at radius 1 is 1.22 bits per heavy atom. The molecule has 1 heterocycles. The van der Waals surface area contributed by atoms with Gasteiger partial charge in [0.1, 0.15) is 6.54 Å². The van der Waals surface area contributed by atoms with Gasteiger partial charge in [-0.1, -0.05) is 50.2 Å². The van der Waals surface area contributed by atoms with E-state index in [-0.39, 0.29) is 12.6 Å². The third kappa shape index (κ3) is 4.47. The Kier molecular flexibility index (Phi) is 6.43. The fourth-order valence-corrected chi connectivity index (χ4v) is 5.10. The fraction of sp³-hybridized carbons (Fsp3) is 0.333. The fourth-order valence-electron chi connectivity index (χ4n) is 4.36. The highest BCUT2D eigenvalue weighted by atomic mass is 32.2. The van der Waals surface area contributed by atoms with Crippen LogP contribution in [0.2, 0.25) is 0 Å². The average molecular weight is 454 g/mol. The molecule has 0 radical (unpaired) electrons. The molecule has 0 saturated carbocycles. The van der Waals surface area contributed by atoms with Crippen molar-refractivity contribution in [2.45, 2.75) is 51.6 Å². The van der Waals surface area contributed by atoms with Crippen molar-refractivity contribution in [3.05, 3.63) is 71.5 Å². The van der Waals surface area contributed by atoms with Crippen LogP contribution in [0.4, 0.5) is 5.69 Å². The van der Waals surface area contributed by atoms with Crippen LogP contribution >= 0.6 is 0 Å². The molecule has 3 aromatic rings. The van der Waals surface area contributed by atoms with Crippen LogP contribution in [0.1, 0.15) is 55.5 Å². The van der Waals surface area contributed by atoms with Crippen LogP contribution in [0, 0.1) is 0 Å². The van der Waals surface area contributed by atoms with E-state index in [9.17, 15) is 13.6 Å². The maximum Gasteiger partial charge on any atom is 0.325 e. The van der Waals surface area contributed by atoms with Gasteiger partial charge in [-0.15, -0.1) is 0 Å². The van der Waals surface area contributed by atoms with E-state index in [0.717, 1.165) is 28.8 Å². The first-order valence-electron chi connectivity index (χ1n) is 10.7. The molecule has 8 heteroatoms. The zero-order valence-electron chi connectivity index (χ0n) is 18.1. The lowest BCUT2D eigenvalue weighted by atomic mass is 9.92. The van der Waals surface area contributed by atoms with Crippen LogP contribution in [-0.2, 0) is 29.0 Å². The highest BCUT2D eigenvalue weighted by Gasteiger charge is 2.32. The lowest BCUT2D eigenvalue weighted by Crippen LogP contribution is -2.33. The molecule has 0 bridgehead atoms.